The molecule has 4 nitrogen and oxygen atoms in total. The lowest BCUT2D eigenvalue weighted by Gasteiger charge is -2.28. The summed E-state index contributed by atoms with van der Waals surface area (Å²) in [5.74, 6) is 1.29. The molecule has 4 rings (SSSR count). The highest BCUT2D eigenvalue weighted by Crippen LogP contribution is 2.37. The molecular weight excluding hydrogens is 379 g/mol. The molecule has 3 aromatic carbocycles. The van der Waals surface area contributed by atoms with Crippen molar-refractivity contribution in [1.29, 1.82) is 0 Å². The Labute approximate surface area is 175 Å². The first-order valence-corrected chi connectivity index (χ1v) is 9.67. The Morgan fingerprint density at radius 1 is 0.867 bits per heavy atom. The molecule has 5 heteroatoms. The second-order valence-electron chi connectivity index (χ2n) is 6.85. The molecule has 1 aliphatic heterocycles. The van der Waals surface area contributed by atoms with Gasteiger partial charge in [0, 0.05) is 11.1 Å². The van der Waals surface area contributed by atoms with Gasteiger partial charge >= 0.3 is 0 Å². The maximum Gasteiger partial charge on any atom is 0.126 e. The number of methoxy groups -OCH3 is 2. The van der Waals surface area contributed by atoms with Crippen LogP contribution in [0.25, 0.3) is 6.08 Å². The van der Waals surface area contributed by atoms with Gasteiger partial charge in [-0.05, 0) is 48.6 Å². The molecule has 0 unspecified atom stereocenters. The fraction of sp³-hybridized carbons (Fsp3) is 0.120. The van der Waals surface area contributed by atoms with E-state index in [0.29, 0.717) is 0 Å². The molecule has 0 bridgehead atoms. The third-order valence-electron chi connectivity index (χ3n) is 4.99. The molecule has 0 aromatic heterocycles. The van der Waals surface area contributed by atoms with Gasteiger partial charge in [-0.25, -0.2) is 4.39 Å². The summed E-state index contributed by atoms with van der Waals surface area (Å²) >= 11 is 0. The molecule has 0 aliphatic carbocycles. The van der Waals surface area contributed by atoms with Crippen molar-refractivity contribution in [3.05, 3.63) is 108 Å². The lowest BCUT2D eigenvalue weighted by Crippen LogP contribution is -2.34. The van der Waals surface area contributed by atoms with Gasteiger partial charge in [0.1, 0.15) is 17.3 Å². The quantitative estimate of drug-likeness (QED) is 0.590. The summed E-state index contributed by atoms with van der Waals surface area (Å²) in [6.45, 7) is 0. The van der Waals surface area contributed by atoms with Crippen molar-refractivity contribution < 1.29 is 13.9 Å². The number of hydrogen-bond acceptors (Lipinski definition) is 4. The number of anilines is 1. The molecule has 152 valence electrons. The Balaban J connectivity index is 1.71. The van der Waals surface area contributed by atoms with Crippen LogP contribution in [0, 0.1) is 5.82 Å². The van der Waals surface area contributed by atoms with Gasteiger partial charge < -0.3 is 9.47 Å². The van der Waals surface area contributed by atoms with E-state index in [1.54, 1.807) is 20.3 Å². The Hall–Kier alpha value is -3.73. The number of nitrogens with zero attached hydrogens (tertiary/aromatic N) is 1. The van der Waals surface area contributed by atoms with E-state index in [1.165, 1.54) is 12.1 Å². The second-order valence-corrected chi connectivity index (χ2v) is 6.85. The van der Waals surface area contributed by atoms with Gasteiger partial charge in [0.15, 0.2) is 0 Å². The number of nitrogens with one attached hydrogen (secondary N) is 1. The predicted molar refractivity (Wildman–Crippen MR) is 118 cm³/mol. The van der Waals surface area contributed by atoms with Crippen molar-refractivity contribution in [1.82, 2.24) is 5.43 Å². The zero-order valence-electron chi connectivity index (χ0n) is 16.9. The molecule has 30 heavy (non-hydrogen) atoms. The summed E-state index contributed by atoms with van der Waals surface area (Å²) < 4.78 is 24.9. The Morgan fingerprint density at radius 2 is 1.60 bits per heavy atom. The Kier molecular flexibility index (Phi) is 5.70. The molecule has 3 aromatic rings. The molecule has 0 fully saturated rings. The van der Waals surface area contributed by atoms with Crippen molar-refractivity contribution in [2.75, 3.05) is 19.2 Å². The van der Waals surface area contributed by atoms with E-state index in [2.05, 4.69) is 11.5 Å². The summed E-state index contributed by atoms with van der Waals surface area (Å²) in [5.41, 5.74) is 6.96. The monoisotopic (exact) mass is 402 g/mol. The minimum absolute atomic E-state index is 0.166. The van der Waals surface area contributed by atoms with Gasteiger partial charge in [-0.15, -0.1) is 0 Å². The highest BCUT2D eigenvalue weighted by Gasteiger charge is 2.28. The number of hydrazine groups is 1. The maximum atomic E-state index is 13.9. The van der Waals surface area contributed by atoms with Crippen LogP contribution >= 0.6 is 0 Å². The molecule has 0 spiro atoms. The summed E-state index contributed by atoms with van der Waals surface area (Å²) in [5, 5.41) is 1.93. The lowest BCUT2D eigenvalue weighted by atomic mass is 10.0. The van der Waals surface area contributed by atoms with Gasteiger partial charge in [0.2, 0.25) is 0 Å². The summed E-state index contributed by atoms with van der Waals surface area (Å²) in [7, 11) is 3.31. The molecule has 1 atom stereocenters. The molecule has 0 amide bonds. The van der Waals surface area contributed by atoms with E-state index in [1.807, 2.05) is 71.8 Å². The van der Waals surface area contributed by atoms with Gasteiger partial charge in [0.05, 0.1) is 31.6 Å². The van der Waals surface area contributed by atoms with Crippen LogP contribution in [0.4, 0.5) is 10.1 Å². The van der Waals surface area contributed by atoms with E-state index in [0.717, 1.165) is 34.0 Å². The SMILES string of the molecule is COc1ccccc1/C=C/C1=C[C@@H](c2ccccc2OC)N(c2cccc(F)c2)N1. The highest BCUT2D eigenvalue weighted by atomic mass is 19.1. The van der Waals surface area contributed by atoms with E-state index < -0.39 is 0 Å². The number of hydrogen-bond donors (Lipinski definition) is 1. The van der Waals surface area contributed by atoms with Crippen molar-refractivity contribution in [3.8, 4) is 11.5 Å². The number of para-hydroxylation sites is 2. The summed E-state index contributed by atoms with van der Waals surface area (Å²) in [4.78, 5) is 0. The van der Waals surface area contributed by atoms with Gasteiger partial charge in [-0.1, -0.05) is 42.5 Å². The van der Waals surface area contributed by atoms with Gasteiger partial charge in [-0.2, -0.15) is 0 Å². The number of halogens is 1. The van der Waals surface area contributed by atoms with Crippen molar-refractivity contribution in [2.45, 2.75) is 6.04 Å². The number of ether oxygens (including phenoxy) is 2. The molecule has 1 heterocycles. The average molecular weight is 402 g/mol. The minimum Gasteiger partial charge on any atom is -0.496 e. The van der Waals surface area contributed by atoms with Gasteiger partial charge in [-0.3, -0.25) is 10.4 Å². The number of rotatable bonds is 6. The Bertz CT molecular complexity index is 1090. The smallest absolute Gasteiger partial charge is 0.126 e. The largest absolute Gasteiger partial charge is 0.496 e. The van der Waals surface area contributed by atoms with E-state index in [9.17, 15) is 4.39 Å². The van der Waals surface area contributed by atoms with Crippen LogP contribution < -0.4 is 19.9 Å². The van der Waals surface area contributed by atoms with Crippen LogP contribution in [-0.4, -0.2) is 14.2 Å². The third kappa shape index (κ3) is 4.01. The number of allylic oxidation sites excluding steroid dienone is 1. The molecule has 0 radical (unpaired) electrons. The first kappa shape index (κ1) is 19.6. The zero-order valence-corrected chi connectivity index (χ0v) is 16.9. The Morgan fingerprint density at radius 3 is 2.37 bits per heavy atom. The normalized spacial score (nSPS) is 15.8. The van der Waals surface area contributed by atoms with Crippen molar-refractivity contribution in [2.24, 2.45) is 0 Å². The first-order valence-electron chi connectivity index (χ1n) is 9.67. The number of benzene rings is 3. The summed E-state index contributed by atoms with van der Waals surface area (Å²) in [6.07, 6.45) is 6.07. The average Bonchev–Trinajstić information content (AvgIpc) is 3.22. The predicted octanol–water partition coefficient (Wildman–Crippen LogP) is 5.51. The topological polar surface area (TPSA) is 33.7 Å². The first-order chi connectivity index (χ1) is 14.7. The third-order valence-corrected chi connectivity index (χ3v) is 4.99. The fourth-order valence-corrected chi connectivity index (χ4v) is 3.56. The van der Waals surface area contributed by atoms with Crippen LogP contribution in [-0.2, 0) is 0 Å². The van der Waals surface area contributed by atoms with E-state index >= 15 is 0 Å². The highest BCUT2D eigenvalue weighted by molar-refractivity contribution is 5.62. The minimum atomic E-state index is -0.286. The van der Waals surface area contributed by atoms with E-state index in [4.69, 9.17) is 9.47 Å². The van der Waals surface area contributed by atoms with Crippen molar-refractivity contribution >= 4 is 11.8 Å². The van der Waals surface area contributed by atoms with Gasteiger partial charge in [0.25, 0.3) is 0 Å². The van der Waals surface area contributed by atoms with Crippen LogP contribution in [0.5, 0.6) is 11.5 Å². The lowest BCUT2D eigenvalue weighted by molar-refractivity contribution is 0.407. The van der Waals surface area contributed by atoms with Crippen molar-refractivity contribution in [3.63, 3.8) is 0 Å². The summed E-state index contributed by atoms with van der Waals surface area (Å²) in [6, 6.07) is 22.0. The molecule has 1 N–H and O–H groups in total. The van der Waals surface area contributed by atoms with Crippen LogP contribution in [0.1, 0.15) is 17.2 Å². The maximum absolute atomic E-state index is 13.9. The molecule has 0 saturated carbocycles. The second kappa shape index (κ2) is 8.74. The van der Waals surface area contributed by atoms with E-state index in [-0.39, 0.29) is 11.9 Å². The van der Waals surface area contributed by atoms with Crippen LogP contribution in [0.3, 0.4) is 0 Å². The zero-order chi connectivity index (χ0) is 20.9. The fourth-order valence-electron chi connectivity index (χ4n) is 3.56. The molecule has 1 aliphatic rings. The van der Waals surface area contributed by atoms with Crippen LogP contribution in [0.15, 0.2) is 90.6 Å². The standard InChI is InChI=1S/C25H23FN2O2/c1-29-24-12-5-3-8-18(24)14-15-20-17-23(22-11-4-6-13-25(22)30-2)28(27-20)21-10-7-9-19(26)16-21/h3-17,23,27H,1-2H3/b15-14+/t23-/m0/s1. The van der Waals surface area contributed by atoms with Crippen LogP contribution in [0.2, 0.25) is 0 Å². The molecular formula is C25H23FN2O2. The molecule has 0 saturated heterocycles.